The topological polar surface area (TPSA) is 67.2 Å². The first-order valence-electron chi connectivity index (χ1n) is 11.2. The van der Waals surface area contributed by atoms with E-state index in [0.29, 0.717) is 18.2 Å². The first kappa shape index (κ1) is 21.8. The predicted molar refractivity (Wildman–Crippen MR) is 127 cm³/mol. The lowest BCUT2D eigenvalue weighted by atomic mass is 10.0. The van der Waals surface area contributed by atoms with Crippen molar-refractivity contribution in [2.75, 3.05) is 11.4 Å². The maximum atomic E-state index is 12.8. The second-order valence-corrected chi connectivity index (χ2v) is 8.56. The molecule has 0 unspecified atom stereocenters. The predicted octanol–water partition coefficient (Wildman–Crippen LogP) is 3.25. The van der Waals surface area contributed by atoms with E-state index in [1.54, 1.807) is 0 Å². The smallest absolute Gasteiger partial charge is 0.255 e. The Morgan fingerprint density at radius 2 is 1.81 bits per heavy atom. The SMILES string of the molecule is Cc1cc(=O)n(CC(=O)N[C@@H](C)CCc2ccccc2)c(N2CCc3ccccc3C2)n1. The van der Waals surface area contributed by atoms with Crippen LogP contribution >= 0.6 is 0 Å². The summed E-state index contributed by atoms with van der Waals surface area (Å²) in [6.07, 6.45) is 2.63. The number of nitrogens with one attached hydrogen (secondary N) is 1. The van der Waals surface area contributed by atoms with Gasteiger partial charge < -0.3 is 10.2 Å². The fourth-order valence-corrected chi connectivity index (χ4v) is 4.23. The Morgan fingerprint density at radius 3 is 2.59 bits per heavy atom. The molecule has 0 bridgehead atoms. The maximum absolute atomic E-state index is 12.8. The lowest BCUT2D eigenvalue weighted by Gasteiger charge is -2.31. The van der Waals surface area contributed by atoms with Crippen molar-refractivity contribution in [2.45, 2.75) is 52.2 Å². The van der Waals surface area contributed by atoms with Crippen molar-refractivity contribution in [3.63, 3.8) is 0 Å². The van der Waals surface area contributed by atoms with Crippen LogP contribution in [-0.4, -0.2) is 28.0 Å². The summed E-state index contributed by atoms with van der Waals surface area (Å²) in [4.78, 5) is 32.3. The van der Waals surface area contributed by atoms with Gasteiger partial charge in [-0.1, -0.05) is 54.6 Å². The van der Waals surface area contributed by atoms with E-state index < -0.39 is 0 Å². The molecule has 1 N–H and O–H groups in total. The van der Waals surface area contributed by atoms with E-state index in [1.807, 2.05) is 38.1 Å². The molecule has 1 aliphatic heterocycles. The Morgan fingerprint density at radius 1 is 1.09 bits per heavy atom. The molecule has 6 nitrogen and oxygen atoms in total. The third-order valence-electron chi connectivity index (χ3n) is 5.95. The largest absolute Gasteiger partial charge is 0.352 e. The van der Waals surface area contributed by atoms with Crippen LogP contribution in [0.5, 0.6) is 0 Å². The van der Waals surface area contributed by atoms with Gasteiger partial charge in [-0.05, 0) is 49.8 Å². The summed E-state index contributed by atoms with van der Waals surface area (Å²) in [6.45, 7) is 5.23. The normalized spacial score (nSPS) is 14.0. The standard InChI is InChI=1S/C26H30N4O2/c1-19(12-13-21-8-4-3-5-9-21)27-24(31)18-30-25(32)16-20(2)28-26(30)29-15-14-22-10-6-7-11-23(22)17-29/h3-11,16,19H,12-15,17-18H2,1-2H3,(H,27,31)/t19-/m0/s1. The van der Waals surface area contributed by atoms with Gasteiger partial charge in [-0.15, -0.1) is 0 Å². The molecule has 4 rings (SSSR count). The van der Waals surface area contributed by atoms with E-state index in [2.05, 4.69) is 45.5 Å². The molecule has 3 aromatic rings. The number of aromatic nitrogens is 2. The van der Waals surface area contributed by atoms with E-state index in [9.17, 15) is 9.59 Å². The molecule has 0 saturated heterocycles. The molecule has 0 saturated carbocycles. The monoisotopic (exact) mass is 430 g/mol. The summed E-state index contributed by atoms with van der Waals surface area (Å²) in [7, 11) is 0. The number of carbonyl (C=O) groups excluding carboxylic acids is 1. The van der Waals surface area contributed by atoms with Gasteiger partial charge in [-0.3, -0.25) is 14.2 Å². The van der Waals surface area contributed by atoms with Crippen molar-refractivity contribution in [2.24, 2.45) is 0 Å². The second kappa shape index (κ2) is 9.81. The summed E-state index contributed by atoms with van der Waals surface area (Å²) in [6, 6.07) is 20.1. The van der Waals surface area contributed by atoms with Gasteiger partial charge in [0.1, 0.15) is 6.54 Å². The third-order valence-corrected chi connectivity index (χ3v) is 5.95. The van der Waals surface area contributed by atoms with Crippen molar-refractivity contribution < 1.29 is 4.79 Å². The van der Waals surface area contributed by atoms with Crippen molar-refractivity contribution >= 4 is 11.9 Å². The highest BCUT2D eigenvalue weighted by Gasteiger charge is 2.22. The Hall–Kier alpha value is -3.41. The van der Waals surface area contributed by atoms with Crippen molar-refractivity contribution in [3.8, 4) is 0 Å². The van der Waals surface area contributed by atoms with Crippen molar-refractivity contribution in [1.82, 2.24) is 14.9 Å². The van der Waals surface area contributed by atoms with Gasteiger partial charge in [0.05, 0.1) is 0 Å². The van der Waals surface area contributed by atoms with Crippen molar-refractivity contribution in [3.05, 3.63) is 93.4 Å². The van der Waals surface area contributed by atoms with Crippen LogP contribution in [0.3, 0.4) is 0 Å². The fraction of sp³-hybridized carbons (Fsp3) is 0.346. The first-order chi connectivity index (χ1) is 15.5. The molecule has 0 spiro atoms. The van der Waals surface area contributed by atoms with Crippen LogP contribution < -0.4 is 15.8 Å². The Bertz CT molecular complexity index is 1140. The summed E-state index contributed by atoms with van der Waals surface area (Å²) in [5.41, 5.74) is 4.28. The highest BCUT2D eigenvalue weighted by atomic mass is 16.2. The zero-order valence-electron chi connectivity index (χ0n) is 18.8. The van der Waals surface area contributed by atoms with Gasteiger partial charge in [0.25, 0.3) is 5.56 Å². The van der Waals surface area contributed by atoms with Gasteiger partial charge in [0, 0.05) is 30.9 Å². The number of anilines is 1. The lowest BCUT2D eigenvalue weighted by Crippen LogP contribution is -2.41. The van der Waals surface area contributed by atoms with Crippen molar-refractivity contribution in [1.29, 1.82) is 0 Å². The van der Waals surface area contributed by atoms with Crippen LogP contribution in [0.4, 0.5) is 5.95 Å². The van der Waals surface area contributed by atoms with Gasteiger partial charge in [0.15, 0.2) is 0 Å². The number of benzene rings is 2. The third kappa shape index (κ3) is 5.25. The molecule has 0 aliphatic carbocycles. The quantitative estimate of drug-likeness (QED) is 0.625. The molecule has 0 fully saturated rings. The molecule has 166 valence electrons. The minimum Gasteiger partial charge on any atom is -0.352 e. The van der Waals surface area contributed by atoms with Crippen LogP contribution in [0.25, 0.3) is 0 Å². The highest BCUT2D eigenvalue weighted by Crippen LogP contribution is 2.22. The van der Waals surface area contributed by atoms with Crippen LogP contribution in [0.1, 0.15) is 35.7 Å². The number of hydrogen-bond donors (Lipinski definition) is 1. The highest BCUT2D eigenvalue weighted by molar-refractivity contribution is 5.76. The van der Waals surface area contributed by atoms with Crippen LogP contribution in [0.15, 0.2) is 65.5 Å². The summed E-state index contributed by atoms with van der Waals surface area (Å²) < 4.78 is 1.50. The number of rotatable bonds is 7. The average Bonchev–Trinajstić information content (AvgIpc) is 2.79. The van der Waals surface area contributed by atoms with E-state index in [0.717, 1.165) is 25.8 Å². The Kier molecular flexibility index (Phi) is 6.69. The molecule has 6 heteroatoms. The zero-order valence-corrected chi connectivity index (χ0v) is 18.8. The summed E-state index contributed by atoms with van der Waals surface area (Å²) in [5, 5.41) is 3.04. The molecule has 0 radical (unpaired) electrons. The second-order valence-electron chi connectivity index (χ2n) is 8.56. The molecular formula is C26H30N4O2. The Labute approximate surface area is 188 Å². The molecule has 1 aromatic heterocycles. The summed E-state index contributed by atoms with van der Waals surface area (Å²) in [5.74, 6) is 0.397. The minimum absolute atomic E-state index is 0.0159. The van der Waals surface area contributed by atoms with Gasteiger partial charge in [-0.2, -0.15) is 0 Å². The van der Waals surface area contributed by atoms with Gasteiger partial charge >= 0.3 is 0 Å². The van der Waals surface area contributed by atoms with Gasteiger partial charge in [-0.25, -0.2) is 4.98 Å². The first-order valence-corrected chi connectivity index (χ1v) is 11.2. The van der Waals surface area contributed by atoms with Crippen LogP contribution in [-0.2, 0) is 30.7 Å². The van der Waals surface area contributed by atoms with E-state index in [4.69, 9.17) is 0 Å². The molecule has 1 atom stereocenters. The zero-order chi connectivity index (χ0) is 22.5. The number of hydrogen-bond acceptors (Lipinski definition) is 4. The van der Waals surface area contributed by atoms with E-state index in [-0.39, 0.29) is 24.1 Å². The van der Waals surface area contributed by atoms with E-state index >= 15 is 0 Å². The van der Waals surface area contributed by atoms with Crippen LogP contribution in [0.2, 0.25) is 0 Å². The number of amides is 1. The average molecular weight is 431 g/mol. The maximum Gasteiger partial charge on any atom is 0.255 e. The minimum atomic E-state index is -0.196. The number of carbonyl (C=O) groups is 1. The van der Waals surface area contributed by atoms with Crippen LogP contribution in [0, 0.1) is 6.92 Å². The van der Waals surface area contributed by atoms with Gasteiger partial charge in [0.2, 0.25) is 11.9 Å². The number of nitrogens with zero attached hydrogens (tertiary/aromatic N) is 3. The molecule has 2 heterocycles. The molecule has 32 heavy (non-hydrogen) atoms. The number of fused-ring (bicyclic) bond motifs is 1. The van der Waals surface area contributed by atoms with E-state index in [1.165, 1.54) is 27.3 Å². The molecule has 1 amide bonds. The molecule has 2 aromatic carbocycles. The summed E-state index contributed by atoms with van der Waals surface area (Å²) >= 11 is 0. The number of aryl methyl sites for hydroxylation is 2. The molecule has 1 aliphatic rings. The Balaban J connectivity index is 1.45. The molecular weight excluding hydrogens is 400 g/mol. The fourth-order valence-electron chi connectivity index (χ4n) is 4.23. The lowest BCUT2D eigenvalue weighted by molar-refractivity contribution is -0.122.